The van der Waals surface area contributed by atoms with Crippen LogP contribution in [0.4, 0.5) is 0 Å². The van der Waals surface area contributed by atoms with Crippen molar-refractivity contribution in [2.75, 3.05) is 7.11 Å². The maximum atomic E-state index is 12.0. The largest absolute Gasteiger partial charge is 0.508 e. The van der Waals surface area contributed by atoms with Crippen LogP contribution in [0.25, 0.3) is 0 Å². The minimum atomic E-state index is -0.100. The van der Waals surface area contributed by atoms with E-state index in [0.717, 1.165) is 17.7 Å². The lowest BCUT2D eigenvalue weighted by Gasteiger charge is -2.15. The number of aromatic hydroxyl groups is 1. The standard InChI is InChI=1S/C18H21NO3/c1-13(10-14-6-5-8-16(11-14)22-2)19-18(21)12-15-7-3-4-9-17(15)20/h3-9,11,13,20H,10,12H2,1-2H3,(H,19,21)/t13-/m0/s1. The molecule has 1 amide bonds. The Bertz CT molecular complexity index is 640. The predicted molar refractivity (Wildman–Crippen MR) is 86.1 cm³/mol. The van der Waals surface area contributed by atoms with Crippen LogP contribution in [-0.2, 0) is 17.6 Å². The number of hydrogen-bond acceptors (Lipinski definition) is 3. The average molecular weight is 299 g/mol. The van der Waals surface area contributed by atoms with E-state index in [1.165, 1.54) is 0 Å². The molecule has 0 heterocycles. The van der Waals surface area contributed by atoms with Crippen LogP contribution in [0.15, 0.2) is 48.5 Å². The molecule has 0 aliphatic rings. The zero-order valence-electron chi connectivity index (χ0n) is 12.9. The van der Waals surface area contributed by atoms with Crippen LogP contribution < -0.4 is 10.1 Å². The lowest BCUT2D eigenvalue weighted by Crippen LogP contribution is -2.35. The van der Waals surface area contributed by atoms with E-state index in [2.05, 4.69) is 5.32 Å². The maximum absolute atomic E-state index is 12.0. The molecule has 0 aliphatic heterocycles. The van der Waals surface area contributed by atoms with Crippen molar-refractivity contribution >= 4 is 5.91 Å². The third-order valence-electron chi connectivity index (χ3n) is 3.43. The van der Waals surface area contributed by atoms with Gasteiger partial charge in [0.2, 0.25) is 5.91 Å². The van der Waals surface area contributed by atoms with Crippen molar-refractivity contribution < 1.29 is 14.6 Å². The first-order valence-electron chi connectivity index (χ1n) is 7.27. The smallest absolute Gasteiger partial charge is 0.224 e. The Hall–Kier alpha value is -2.49. The van der Waals surface area contributed by atoms with Gasteiger partial charge in [-0.05, 0) is 37.1 Å². The molecule has 0 bridgehead atoms. The van der Waals surface area contributed by atoms with E-state index < -0.39 is 0 Å². The minimum Gasteiger partial charge on any atom is -0.508 e. The average Bonchev–Trinajstić information content (AvgIpc) is 2.49. The van der Waals surface area contributed by atoms with Gasteiger partial charge in [0.05, 0.1) is 13.5 Å². The van der Waals surface area contributed by atoms with Crippen LogP contribution in [0.5, 0.6) is 11.5 Å². The van der Waals surface area contributed by atoms with E-state index in [0.29, 0.717) is 5.56 Å². The summed E-state index contributed by atoms with van der Waals surface area (Å²) in [7, 11) is 1.64. The topological polar surface area (TPSA) is 58.6 Å². The van der Waals surface area contributed by atoms with Gasteiger partial charge in [0.15, 0.2) is 0 Å². The first kappa shape index (κ1) is 15.9. The molecule has 0 saturated carbocycles. The highest BCUT2D eigenvalue weighted by molar-refractivity contribution is 5.79. The Labute approximate surface area is 130 Å². The van der Waals surface area contributed by atoms with Crippen molar-refractivity contribution in [3.05, 3.63) is 59.7 Å². The van der Waals surface area contributed by atoms with Gasteiger partial charge in [-0.1, -0.05) is 30.3 Å². The van der Waals surface area contributed by atoms with Gasteiger partial charge in [-0.15, -0.1) is 0 Å². The monoisotopic (exact) mass is 299 g/mol. The van der Waals surface area contributed by atoms with Gasteiger partial charge in [-0.25, -0.2) is 0 Å². The van der Waals surface area contributed by atoms with Crippen LogP contribution in [-0.4, -0.2) is 24.2 Å². The number of phenolic OH excluding ortho intramolecular Hbond substituents is 1. The SMILES string of the molecule is COc1cccc(C[C@H](C)NC(=O)Cc2ccccc2O)c1. The summed E-state index contributed by atoms with van der Waals surface area (Å²) in [5.74, 6) is 0.861. The summed E-state index contributed by atoms with van der Waals surface area (Å²) in [4.78, 5) is 12.0. The van der Waals surface area contributed by atoms with E-state index in [4.69, 9.17) is 4.74 Å². The van der Waals surface area contributed by atoms with Crippen molar-refractivity contribution in [2.24, 2.45) is 0 Å². The number of benzene rings is 2. The van der Waals surface area contributed by atoms with E-state index in [9.17, 15) is 9.90 Å². The summed E-state index contributed by atoms with van der Waals surface area (Å²) in [5, 5.41) is 12.6. The van der Waals surface area contributed by atoms with Crippen LogP contribution in [0.3, 0.4) is 0 Å². The van der Waals surface area contributed by atoms with Crippen molar-refractivity contribution in [3.8, 4) is 11.5 Å². The summed E-state index contributed by atoms with van der Waals surface area (Å²) in [6.45, 7) is 1.96. The number of phenols is 1. The normalized spacial score (nSPS) is 11.7. The molecular weight excluding hydrogens is 278 g/mol. The Morgan fingerprint density at radius 3 is 2.73 bits per heavy atom. The summed E-state index contributed by atoms with van der Waals surface area (Å²) >= 11 is 0. The highest BCUT2D eigenvalue weighted by Gasteiger charge is 2.11. The predicted octanol–water partition coefficient (Wildman–Crippen LogP) is 2.69. The van der Waals surface area contributed by atoms with Gasteiger partial charge in [0.1, 0.15) is 11.5 Å². The fraction of sp³-hybridized carbons (Fsp3) is 0.278. The molecule has 4 heteroatoms. The molecule has 0 fully saturated rings. The summed E-state index contributed by atoms with van der Waals surface area (Å²) in [6, 6.07) is 14.7. The van der Waals surface area contributed by atoms with Gasteiger partial charge >= 0.3 is 0 Å². The number of rotatable bonds is 6. The Morgan fingerprint density at radius 1 is 1.23 bits per heavy atom. The van der Waals surface area contributed by atoms with Crippen LogP contribution in [0, 0.1) is 0 Å². The van der Waals surface area contributed by atoms with Crippen LogP contribution >= 0.6 is 0 Å². The zero-order valence-corrected chi connectivity index (χ0v) is 12.9. The van der Waals surface area contributed by atoms with Crippen LogP contribution in [0.2, 0.25) is 0 Å². The molecule has 2 aromatic rings. The van der Waals surface area contributed by atoms with Gasteiger partial charge in [-0.3, -0.25) is 4.79 Å². The molecular formula is C18H21NO3. The highest BCUT2D eigenvalue weighted by Crippen LogP contribution is 2.16. The third kappa shape index (κ3) is 4.52. The fourth-order valence-corrected chi connectivity index (χ4v) is 2.36. The van der Waals surface area contributed by atoms with Crippen molar-refractivity contribution in [2.45, 2.75) is 25.8 Å². The first-order chi connectivity index (χ1) is 10.6. The quantitative estimate of drug-likeness (QED) is 0.862. The number of carbonyl (C=O) groups is 1. The number of para-hydroxylation sites is 1. The Kier molecular flexibility index (Phi) is 5.42. The lowest BCUT2D eigenvalue weighted by atomic mass is 10.1. The fourth-order valence-electron chi connectivity index (χ4n) is 2.36. The molecule has 1 atom stereocenters. The molecule has 0 aliphatic carbocycles. The number of nitrogens with one attached hydrogen (secondary N) is 1. The second-order valence-corrected chi connectivity index (χ2v) is 5.33. The Balaban J connectivity index is 1.89. The molecule has 0 radical (unpaired) electrons. The molecule has 2 N–H and O–H groups in total. The van der Waals surface area contributed by atoms with Gasteiger partial charge < -0.3 is 15.2 Å². The zero-order chi connectivity index (χ0) is 15.9. The number of amides is 1. The molecule has 0 spiro atoms. The Morgan fingerprint density at radius 2 is 2.00 bits per heavy atom. The van der Waals surface area contributed by atoms with E-state index in [1.807, 2.05) is 37.3 Å². The molecule has 0 saturated heterocycles. The second kappa shape index (κ2) is 7.50. The van der Waals surface area contributed by atoms with Crippen molar-refractivity contribution in [1.82, 2.24) is 5.32 Å². The molecule has 22 heavy (non-hydrogen) atoms. The van der Waals surface area contributed by atoms with Gasteiger partial charge in [-0.2, -0.15) is 0 Å². The first-order valence-corrected chi connectivity index (χ1v) is 7.27. The van der Waals surface area contributed by atoms with Gasteiger partial charge in [0.25, 0.3) is 0 Å². The van der Waals surface area contributed by atoms with Gasteiger partial charge in [0, 0.05) is 11.6 Å². The number of hydrogen-bond donors (Lipinski definition) is 2. The van der Waals surface area contributed by atoms with Crippen LogP contribution in [0.1, 0.15) is 18.1 Å². The molecule has 2 aromatic carbocycles. The molecule has 4 nitrogen and oxygen atoms in total. The molecule has 0 unspecified atom stereocenters. The van der Waals surface area contributed by atoms with Crippen molar-refractivity contribution in [3.63, 3.8) is 0 Å². The lowest BCUT2D eigenvalue weighted by molar-refractivity contribution is -0.121. The third-order valence-corrected chi connectivity index (χ3v) is 3.43. The molecule has 116 valence electrons. The minimum absolute atomic E-state index is 0.00506. The molecule has 2 rings (SSSR count). The number of carbonyl (C=O) groups excluding carboxylic acids is 1. The van der Waals surface area contributed by atoms with E-state index >= 15 is 0 Å². The molecule has 0 aromatic heterocycles. The second-order valence-electron chi connectivity index (χ2n) is 5.33. The summed E-state index contributed by atoms with van der Waals surface area (Å²) in [5.41, 5.74) is 1.74. The number of ether oxygens (including phenoxy) is 1. The maximum Gasteiger partial charge on any atom is 0.224 e. The van der Waals surface area contributed by atoms with E-state index in [-0.39, 0.29) is 24.1 Å². The van der Waals surface area contributed by atoms with Crippen molar-refractivity contribution in [1.29, 1.82) is 0 Å². The summed E-state index contributed by atoms with van der Waals surface area (Å²) < 4.78 is 5.19. The number of methoxy groups -OCH3 is 1. The van der Waals surface area contributed by atoms with E-state index in [1.54, 1.807) is 25.3 Å². The summed E-state index contributed by atoms with van der Waals surface area (Å²) in [6.07, 6.45) is 0.902. The highest BCUT2D eigenvalue weighted by atomic mass is 16.5.